The summed E-state index contributed by atoms with van der Waals surface area (Å²) in [5, 5.41) is 10.4. The van der Waals surface area contributed by atoms with Gasteiger partial charge in [-0.3, -0.25) is 0 Å². The lowest BCUT2D eigenvalue weighted by atomic mass is 9.97. The molecule has 1 atom stereocenters. The molecule has 0 saturated carbocycles. The highest BCUT2D eigenvalue weighted by atomic mass is 19.1. The number of fused-ring (bicyclic) bond motifs is 2. The van der Waals surface area contributed by atoms with E-state index in [1.54, 1.807) is 6.07 Å². The standard InChI is InChI=1S/C15H13FO/c16-12-8-7-11-6-5-10-3-1-2-4-13(10)15(17)14(11)9-12/h1-4,7-9,15,17H,5-6H2. The third kappa shape index (κ3) is 1.75. The van der Waals surface area contributed by atoms with Gasteiger partial charge in [-0.25, -0.2) is 4.39 Å². The number of benzene rings is 2. The van der Waals surface area contributed by atoms with E-state index >= 15 is 0 Å². The van der Waals surface area contributed by atoms with Crippen molar-refractivity contribution in [2.45, 2.75) is 18.9 Å². The zero-order chi connectivity index (χ0) is 11.8. The van der Waals surface area contributed by atoms with Crippen molar-refractivity contribution < 1.29 is 9.50 Å². The van der Waals surface area contributed by atoms with Gasteiger partial charge in [0.2, 0.25) is 0 Å². The first-order valence-corrected chi connectivity index (χ1v) is 5.80. The van der Waals surface area contributed by atoms with Crippen LogP contribution < -0.4 is 0 Å². The van der Waals surface area contributed by atoms with Crippen LogP contribution in [-0.2, 0) is 12.8 Å². The van der Waals surface area contributed by atoms with E-state index in [0.717, 1.165) is 29.5 Å². The fraction of sp³-hybridized carbons (Fsp3) is 0.200. The minimum atomic E-state index is -0.709. The maximum absolute atomic E-state index is 13.3. The van der Waals surface area contributed by atoms with Crippen LogP contribution >= 0.6 is 0 Å². The average molecular weight is 228 g/mol. The molecule has 0 radical (unpaired) electrons. The summed E-state index contributed by atoms with van der Waals surface area (Å²) in [7, 11) is 0. The van der Waals surface area contributed by atoms with Crippen LogP contribution in [0, 0.1) is 5.82 Å². The van der Waals surface area contributed by atoms with Gasteiger partial charge in [0.25, 0.3) is 0 Å². The van der Waals surface area contributed by atoms with Crippen LogP contribution in [0.4, 0.5) is 4.39 Å². The number of halogens is 1. The summed E-state index contributed by atoms with van der Waals surface area (Å²) in [5.41, 5.74) is 3.79. The lowest BCUT2D eigenvalue weighted by molar-refractivity contribution is 0.219. The van der Waals surface area contributed by atoms with Crippen molar-refractivity contribution >= 4 is 0 Å². The van der Waals surface area contributed by atoms with E-state index in [9.17, 15) is 9.50 Å². The van der Waals surface area contributed by atoms with Crippen molar-refractivity contribution in [2.24, 2.45) is 0 Å². The molecule has 0 bridgehead atoms. The van der Waals surface area contributed by atoms with Gasteiger partial charge < -0.3 is 5.11 Å². The Kier molecular flexibility index (Phi) is 2.45. The van der Waals surface area contributed by atoms with E-state index in [-0.39, 0.29) is 5.82 Å². The van der Waals surface area contributed by atoms with Crippen molar-refractivity contribution in [3.05, 3.63) is 70.5 Å². The molecule has 2 heteroatoms. The maximum atomic E-state index is 13.3. The molecule has 0 saturated heterocycles. The van der Waals surface area contributed by atoms with Crippen molar-refractivity contribution in [3.8, 4) is 0 Å². The summed E-state index contributed by atoms with van der Waals surface area (Å²) >= 11 is 0. The highest BCUT2D eigenvalue weighted by Crippen LogP contribution is 2.32. The monoisotopic (exact) mass is 228 g/mol. The topological polar surface area (TPSA) is 20.2 Å². The molecule has 0 amide bonds. The van der Waals surface area contributed by atoms with Gasteiger partial charge in [-0.15, -0.1) is 0 Å². The Labute approximate surface area is 99.5 Å². The van der Waals surface area contributed by atoms with E-state index in [0.29, 0.717) is 5.56 Å². The van der Waals surface area contributed by atoms with Crippen molar-refractivity contribution in [1.82, 2.24) is 0 Å². The summed E-state index contributed by atoms with van der Waals surface area (Å²) in [4.78, 5) is 0. The first kappa shape index (κ1) is 10.5. The Balaban J connectivity index is 2.18. The number of hydrogen-bond donors (Lipinski definition) is 1. The molecule has 1 aliphatic carbocycles. The van der Waals surface area contributed by atoms with Crippen molar-refractivity contribution in [2.75, 3.05) is 0 Å². The Morgan fingerprint density at radius 2 is 1.65 bits per heavy atom. The molecular formula is C15H13FO. The van der Waals surface area contributed by atoms with Crippen LogP contribution in [0.2, 0.25) is 0 Å². The normalized spacial score (nSPS) is 18.1. The molecule has 0 heterocycles. The number of aryl methyl sites for hydroxylation is 2. The molecule has 1 unspecified atom stereocenters. The van der Waals surface area contributed by atoms with E-state index < -0.39 is 6.10 Å². The Morgan fingerprint density at radius 1 is 0.941 bits per heavy atom. The van der Waals surface area contributed by atoms with Gasteiger partial charge in [-0.1, -0.05) is 30.3 Å². The zero-order valence-corrected chi connectivity index (χ0v) is 9.36. The third-order valence-electron chi connectivity index (χ3n) is 3.42. The van der Waals surface area contributed by atoms with Crippen LogP contribution in [-0.4, -0.2) is 5.11 Å². The first-order valence-electron chi connectivity index (χ1n) is 5.80. The third-order valence-corrected chi connectivity index (χ3v) is 3.42. The maximum Gasteiger partial charge on any atom is 0.123 e. The van der Waals surface area contributed by atoms with Gasteiger partial charge in [-0.05, 0) is 47.2 Å². The highest BCUT2D eigenvalue weighted by Gasteiger charge is 2.21. The summed E-state index contributed by atoms with van der Waals surface area (Å²) in [5.74, 6) is -0.290. The molecule has 2 aromatic rings. The van der Waals surface area contributed by atoms with Crippen LogP contribution in [0.1, 0.15) is 28.4 Å². The Bertz CT molecular complexity index is 563. The minimum absolute atomic E-state index is 0.290. The number of rotatable bonds is 0. The molecule has 0 spiro atoms. The van der Waals surface area contributed by atoms with E-state index in [1.165, 1.54) is 12.1 Å². The van der Waals surface area contributed by atoms with Crippen LogP contribution in [0.15, 0.2) is 42.5 Å². The molecule has 1 aliphatic rings. The predicted octanol–water partition coefficient (Wildman–Crippen LogP) is 3.01. The molecule has 86 valence electrons. The molecule has 0 fully saturated rings. The lowest BCUT2D eigenvalue weighted by Crippen LogP contribution is -2.02. The molecule has 1 nitrogen and oxygen atoms in total. The van der Waals surface area contributed by atoms with Crippen molar-refractivity contribution in [3.63, 3.8) is 0 Å². The van der Waals surface area contributed by atoms with Gasteiger partial charge in [0.1, 0.15) is 11.9 Å². The molecule has 3 rings (SSSR count). The zero-order valence-electron chi connectivity index (χ0n) is 9.36. The largest absolute Gasteiger partial charge is 0.384 e. The smallest absolute Gasteiger partial charge is 0.123 e. The fourth-order valence-corrected chi connectivity index (χ4v) is 2.51. The molecule has 0 aromatic heterocycles. The second kappa shape index (κ2) is 3.97. The van der Waals surface area contributed by atoms with Crippen molar-refractivity contribution in [1.29, 1.82) is 0 Å². The average Bonchev–Trinajstić information content (AvgIpc) is 2.49. The first-order chi connectivity index (χ1) is 8.25. The quantitative estimate of drug-likeness (QED) is 0.735. The van der Waals surface area contributed by atoms with Crippen LogP contribution in [0.3, 0.4) is 0 Å². The molecular weight excluding hydrogens is 215 g/mol. The minimum Gasteiger partial charge on any atom is -0.384 e. The molecule has 2 aromatic carbocycles. The summed E-state index contributed by atoms with van der Waals surface area (Å²) < 4.78 is 13.3. The molecule has 0 aliphatic heterocycles. The van der Waals surface area contributed by atoms with Gasteiger partial charge in [0, 0.05) is 0 Å². The van der Waals surface area contributed by atoms with Crippen LogP contribution in [0.5, 0.6) is 0 Å². The Hall–Kier alpha value is -1.67. The van der Waals surface area contributed by atoms with Gasteiger partial charge in [-0.2, -0.15) is 0 Å². The second-order valence-corrected chi connectivity index (χ2v) is 4.44. The molecule has 17 heavy (non-hydrogen) atoms. The highest BCUT2D eigenvalue weighted by molar-refractivity contribution is 5.43. The number of aliphatic hydroxyl groups excluding tert-OH is 1. The van der Waals surface area contributed by atoms with E-state index in [4.69, 9.17) is 0 Å². The lowest BCUT2D eigenvalue weighted by Gasteiger charge is -2.14. The summed E-state index contributed by atoms with van der Waals surface area (Å²) in [6.45, 7) is 0. The molecule has 1 N–H and O–H groups in total. The van der Waals surface area contributed by atoms with Gasteiger partial charge >= 0.3 is 0 Å². The SMILES string of the molecule is OC1c2ccccc2CCc2ccc(F)cc21. The second-order valence-electron chi connectivity index (χ2n) is 4.44. The van der Waals surface area contributed by atoms with E-state index in [2.05, 4.69) is 0 Å². The van der Waals surface area contributed by atoms with Gasteiger partial charge in [0.05, 0.1) is 0 Å². The number of aliphatic hydroxyl groups is 1. The van der Waals surface area contributed by atoms with Crippen LogP contribution in [0.25, 0.3) is 0 Å². The van der Waals surface area contributed by atoms with Gasteiger partial charge in [0.15, 0.2) is 0 Å². The Morgan fingerprint density at radius 3 is 2.47 bits per heavy atom. The number of hydrogen-bond acceptors (Lipinski definition) is 1. The van der Waals surface area contributed by atoms with E-state index in [1.807, 2.05) is 24.3 Å². The fourth-order valence-electron chi connectivity index (χ4n) is 2.51. The predicted molar refractivity (Wildman–Crippen MR) is 64.3 cm³/mol. The summed E-state index contributed by atoms with van der Waals surface area (Å²) in [6.07, 6.45) is 1.04. The summed E-state index contributed by atoms with van der Waals surface area (Å²) in [6, 6.07) is 12.5.